The van der Waals surface area contributed by atoms with Gasteiger partial charge in [0.15, 0.2) is 5.43 Å². The summed E-state index contributed by atoms with van der Waals surface area (Å²) in [5, 5.41) is 0.606. The van der Waals surface area contributed by atoms with Gasteiger partial charge in [-0.1, -0.05) is 12.1 Å². The summed E-state index contributed by atoms with van der Waals surface area (Å²) < 4.78 is 5.14. The first-order valence-electron chi connectivity index (χ1n) is 8.32. The van der Waals surface area contributed by atoms with Crippen LogP contribution in [0.2, 0.25) is 0 Å². The number of carbonyl (C=O) groups excluding carboxylic acids is 1. The van der Waals surface area contributed by atoms with Crippen LogP contribution in [0.15, 0.2) is 29.1 Å². The molecule has 0 spiro atoms. The van der Waals surface area contributed by atoms with Crippen LogP contribution in [0.3, 0.4) is 0 Å². The third-order valence-corrected chi connectivity index (χ3v) is 4.46. The number of esters is 1. The van der Waals surface area contributed by atoms with Gasteiger partial charge in [0.05, 0.1) is 6.61 Å². The van der Waals surface area contributed by atoms with E-state index >= 15 is 0 Å². The van der Waals surface area contributed by atoms with Crippen molar-refractivity contribution in [3.8, 4) is 0 Å². The molecule has 1 N–H and O–H groups in total. The molecule has 0 aliphatic carbocycles. The van der Waals surface area contributed by atoms with Crippen LogP contribution in [-0.2, 0) is 11.3 Å². The van der Waals surface area contributed by atoms with Crippen molar-refractivity contribution in [1.29, 1.82) is 0 Å². The molecule has 24 heavy (non-hydrogen) atoms. The largest absolute Gasteiger partial charge is 0.461 e. The van der Waals surface area contributed by atoms with Crippen LogP contribution >= 0.6 is 0 Å². The molecule has 0 radical (unpaired) electrons. The minimum Gasteiger partial charge on any atom is -0.461 e. The van der Waals surface area contributed by atoms with Crippen LogP contribution in [0.1, 0.15) is 23.0 Å². The Kier molecular flexibility index (Phi) is 4.97. The Bertz CT molecular complexity index is 792. The minimum atomic E-state index is -0.468. The topological polar surface area (TPSA) is 65.6 Å². The van der Waals surface area contributed by atoms with Gasteiger partial charge in [0.25, 0.3) is 0 Å². The summed E-state index contributed by atoms with van der Waals surface area (Å²) in [6, 6.07) is 7.27. The molecule has 1 fully saturated rings. The first-order valence-corrected chi connectivity index (χ1v) is 8.32. The lowest BCUT2D eigenvalue weighted by Gasteiger charge is -2.32. The van der Waals surface area contributed by atoms with Crippen LogP contribution in [0.25, 0.3) is 10.9 Å². The van der Waals surface area contributed by atoms with Gasteiger partial charge in [0.2, 0.25) is 0 Å². The minimum absolute atomic E-state index is 0.0914. The van der Waals surface area contributed by atoms with E-state index in [9.17, 15) is 9.59 Å². The zero-order chi connectivity index (χ0) is 17.1. The molecule has 3 rings (SSSR count). The number of aromatic amines is 1. The van der Waals surface area contributed by atoms with E-state index in [4.69, 9.17) is 4.74 Å². The van der Waals surface area contributed by atoms with E-state index in [1.807, 2.05) is 12.1 Å². The zero-order valence-electron chi connectivity index (χ0n) is 14.2. The Morgan fingerprint density at radius 2 is 1.92 bits per heavy atom. The molecule has 0 saturated carbocycles. The highest BCUT2D eigenvalue weighted by molar-refractivity contribution is 5.92. The van der Waals surface area contributed by atoms with Crippen molar-refractivity contribution in [2.24, 2.45) is 0 Å². The number of hydrogen-bond acceptors (Lipinski definition) is 5. The van der Waals surface area contributed by atoms with E-state index in [-0.39, 0.29) is 17.7 Å². The molecule has 1 aliphatic heterocycles. The van der Waals surface area contributed by atoms with Crippen molar-refractivity contribution >= 4 is 16.9 Å². The lowest BCUT2D eigenvalue weighted by atomic mass is 10.1. The number of H-pyrrole nitrogens is 1. The summed E-state index contributed by atoms with van der Waals surface area (Å²) in [6.45, 7) is 6.18. The number of nitrogens with zero attached hydrogens (tertiary/aromatic N) is 2. The number of pyridine rings is 1. The maximum atomic E-state index is 12.9. The highest BCUT2D eigenvalue weighted by atomic mass is 16.5. The molecule has 1 aliphatic rings. The number of fused-ring (bicyclic) bond motifs is 1. The van der Waals surface area contributed by atoms with Gasteiger partial charge in [-0.05, 0) is 26.1 Å². The summed E-state index contributed by atoms with van der Waals surface area (Å²) in [4.78, 5) is 32.8. The van der Waals surface area contributed by atoms with Crippen LogP contribution in [-0.4, -0.2) is 60.6 Å². The quantitative estimate of drug-likeness (QED) is 0.860. The third kappa shape index (κ3) is 3.34. The molecule has 0 amide bonds. The van der Waals surface area contributed by atoms with Crippen molar-refractivity contribution in [3.05, 3.63) is 45.7 Å². The molecular formula is C18H23N3O3. The number of aromatic nitrogens is 1. The lowest BCUT2D eigenvalue weighted by molar-refractivity contribution is 0.0516. The molecule has 1 aromatic carbocycles. The Labute approximate surface area is 141 Å². The fourth-order valence-corrected chi connectivity index (χ4v) is 3.03. The van der Waals surface area contributed by atoms with Crippen molar-refractivity contribution in [2.45, 2.75) is 13.5 Å². The van der Waals surface area contributed by atoms with Gasteiger partial charge < -0.3 is 14.6 Å². The monoisotopic (exact) mass is 329 g/mol. The van der Waals surface area contributed by atoms with Crippen LogP contribution in [0.5, 0.6) is 0 Å². The van der Waals surface area contributed by atoms with Gasteiger partial charge in [-0.25, -0.2) is 4.79 Å². The van der Waals surface area contributed by atoms with Crippen molar-refractivity contribution in [2.75, 3.05) is 39.8 Å². The molecule has 128 valence electrons. The zero-order valence-corrected chi connectivity index (χ0v) is 14.2. The maximum Gasteiger partial charge on any atom is 0.355 e. The third-order valence-electron chi connectivity index (χ3n) is 4.46. The number of carbonyl (C=O) groups is 1. The Morgan fingerprint density at radius 1 is 1.21 bits per heavy atom. The molecule has 1 saturated heterocycles. The highest BCUT2D eigenvalue weighted by Crippen LogP contribution is 2.15. The summed E-state index contributed by atoms with van der Waals surface area (Å²) >= 11 is 0. The smallest absolute Gasteiger partial charge is 0.355 e. The predicted octanol–water partition coefficient (Wildman–Crippen LogP) is 1.45. The molecule has 2 heterocycles. The second-order valence-corrected chi connectivity index (χ2v) is 6.15. The first kappa shape index (κ1) is 16.7. The normalized spacial score (nSPS) is 16.4. The van der Waals surface area contributed by atoms with E-state index in [2.05, 4.69) is 21.8 Å². The summed E-state index contributed by atoms with van der Waals surface area (Å²) in [6.07, 6.45) is 0. The molecule has 2 aromatic rings. The van der Waals surface area contributed by atoms with Gasteiger partial charge in [-0.15, -0.1) is 0 Å². The molecule has 1 aromatic heterocycles. The fraction of sp³-hybridized carbons (Fsp3) is 0.444. The summed E-state index contributed by atoms with van der Waals surface area (Å²) in [7, 11) is 2.09. The van der Waals surface area contributed by atoms with Gasteiger partial charge >= 0.3 is 5.97 Å². The molecule has 0 atom stereocenters. The predicted molar refractivity (Wildman–Crippen MR) is 93.3 cm³/mol. The van der Waals surface area contributed by atoms with E-state index in [1.54, 1.807) is 19.1 Å². The van der Waals surface area contributed by atoms with Gasteiger partial charge in [-0.2, -0.15) is 0 Å². The summed E-state index contributed by atoms with van der Waals surface area (Å²) in [5.74, 6) is -0.468. The number of piperazine rings is 1. The Hall–Kier alpha value is -2.18. The van der Waals surface area contributed by atoms with Gasteiger partial charge in [0.1, 0.15) is 5.69 Å². The highest BCUT2D eigenvalue weighted by Gasteiger charge is 2.22. The maximum absolute atomic E-state index is 12.9. The fourth-order valence-electron chi connectivity index (χ4n) is 3.03. The van der Waals surface area contributed by atoms with Crippen molar-refractivity contribution in [3.63, 3.8) is 0 Å². The van der Waals surface area contributed by atoms with E-state index < -0.39 is 5.97 Å². The van der Waals surface area contributed by atoms with Crippen LogP contribution in [0.4, 0.5) is 0 Å². The van der Waals surface area contributed by atoms with Crippen LogP contribution < -0.4 is 5.43 Å². The average molecular weight is 329 g/mol. The second-order valence-electron chi connectivity index (χ2n) is 6.15. The number of rotatable bonds is 4. The Morgan fingerprint density at radius 3 is 2.62 bits per heavy atom. The number of ether oxygens (including phenoxy) is 1. The summed E-state index contributed by atoms with van der Waals surface area (Å²) in [5.41, 5.74) is 1.34. The van der Waals surface area contributed by atoms with E-state index in [0.717, 1.165) is 26.2 Å². The second kappa shape index (κ2) is 7.15. The molecule has 0 unspecified atom stereocenters. The van der Waals surface area contributed by atoms with E-state index in [1.165, 1.54) is 0 Å². The number of para-hydroxylation sites is 1. The number of nitrogens with one attached hydrogen (secondary N) is 1. The number of hydrogen-bond donors (Lipinski definition) is 1. The first-order chi connectivity index (χ1) is 11.6. The average Bonchev–Trinajstić information content (AvgIpc) is 2.59. The Balaban J connectivity index is 2.02. The number of benzene rings is 1. The van der Waals surface area contributed by atoms with Gasteiger partial charge in [-0.3, -0.25) is 9.69 Å². The SMILES string of the molecule is CCOC(=O)c1[nH]c2ccccc2c(=O)c1CN1CCN(C)CC1. The van der Waals surface area contributed by atoms with Gasteiger partial charge in [0, 0.05) is 49.2 Å². The number of likely N-dealkylation sites (N-methyl/N-ethyl adjacent to an activating group) is 1. The molecule has 0 bridgehead atoms. The molecule has 6 nitrogen and oxygen atoms in total. The van der Waals surface area contributed by atoms with E-state index in [0.29, 0.717) is 23.0 Å². The van der Waals surface area contributed by atoms with Crippen molar-refractivity contribution in [1.82, 2.24) is 14.8 Å². The van der Waals surface area contributed by atoms with Crippen LogP contribution in [0, 0.1) is 0 Å². The molecule has 6 heteroatoms. The standard InChI is InChI=1S/C18H23N3O3/c1-3-24-18(23)16-14(12-21-10-8-20(2)9-11-21)17(22)13-6-4-5-7-15(13)19-16/h4-7H,3,8-12H2,1-2H3,(H,19,22). The lowest BCUT2D eigenvalue weighted by Crippen LogP contribution is -2.44. The van der Waals surface area contributed by atoms with Crippen molar-refractivity contribution < 1.29 is 9.53 Å². The molecular weight excluding hydrogens is 306 g/mol.